The van der Waals surface area contributed by atoms with E-state index in [1.54, 1.807) is 6.07 Å². The van der Waals surface area contributed by atoms with Crippen molar-refractivity contribution in [3.63, 3.8) is 0 Å². The molecule has 0 atom stereocenters. The van der Waals surface area contributed by atoms with Gasteiger partial charge in [0.15, 0.2) is 0 Å². The number of ether oxygens (including phenoxy) is 1. The SMILES string of the molecule is O=C(NCCSCc1cccc(C(F)(F)F)c1)Nc1ccc(OC(F)(F)F)cc1. The predicted molar refractivity (Wildman–Crippen MR) is 97.8 cm³/mol. The number of hydrogen-bond acceptors (Lipinski definition) is 3. The summed E-state index contributed by atoms with van der Waals surface area (Å²) in [5.74, 6) is 0.407. The maximum absolute atomic E-state index is 12.7. The fourth-order valence-corrected chi connectivity index (χ4v) is 2.99. The van der Waals surface area contributed by atoms with Crippen molar-refractivity contribution < 1.29 is 35.9 Å². The monoisotopic (exact) mass is 438 g/mol. The van der Waals surface area contributed by atoms with Gasteiger partial charge in [0, 0.05) is 23.7 Å². The highest BCUT2D eigenvalue weighted by Crippen LogP contribution is 2.30. The van der Waals surface area contributed by atoms with Gasteiger partial charge >= 0.3 is 18.6 Å². The number of hydrogen-bond donors (Lipinski definition) is 2. The van der Waals surface area contributed by atoms with Crippen LogP contribution in [-0.2, 0) is 11.9 Å². The van der Waals surface area contributed by atoms with Crippen LogP contribution in [0.4, 0.5) is 36.8 Å². The van der Waals surface area contributed by atoms with Gasteiger partial charge in [-0.15, -0.1) is 13.2 Å². The number of urea groups is 1. The number of thioether (sulfide) groups is 1. The minimum absolute atomic E-state index is 0.255. The summed E-state index contributed by atoms with van der Waals surface area (Å²) in [6, 6.07) is 9.09. The van der Waals surface area contributed by atoms with Crippen LogP contribution in [-0.4, -0.2) is 24.7 Å². The van der Waals surface area contributed by atoms with E-state index < -0.39 is 29.9 Å². The Morgan fingerprint density at radius 2 is 1.69 bits per heavy atom. The van der Waals surface area contributed by atoms with Crippen LogP contribution in [0, 0.1) is 0 Å². The van der Waals surface area contributed by atoms with Crippen molar-refractivity contribution in [2.24, 2.45) is 0 Å². The molecular formula is C18H16F6N2O2S. The molecule has 0 aliphatic carbocycles. The lowest BCUT2D eigenvalue weighted by atomic mass is 10.1. The van der Waals surface area contributed by atoms with Gasteiger partial charge in [-0.25, -0.2) is 4.79 Å². The first kappa shape index (κ1) is 22.7. The number of halogens is 6. The number of nitrogens with one attached hydrogen (secondary N) is 2. The number of benzene rings is 2. The molecule has 0 aliphatic rings. The largest absolute Gasteiger partial charge is 0.573 e. The zero-order valence-corrected chi connectivity index (χ0v) is 15.5. The standard InChI is InChI=1S/C18H16F6N2O2S/c19-17(20,21)13-3-1-2-12(10-13)11-29-9-8-25-16(27)26-14-4-6-15(7-5-14)28-18(22,23)24/h1-7,10H,8-9,11H2,(H2,25,26,27). The van der Waals surface area contributed by atoms with E-state index >= 15 is 0 Å². The molecule has 4 nitrogen and oxygen atoms in total. The lowest BCUT2D eigenvalue weighted by Gasteiger charge is -2.11. The molecule has 0 saturated carbocycles. The summed E-state index contributed by atoms with van der Waals surface area (Å²) in [4.78, 5) is 11.7. The van der Waals surface area contributed by atoms with Crippen LogP contribution in [0.2, 0.25) is 0 Å². The minimum Gasteiger partial charge on any atom is -0.406 e. The highest BCUT2D eigenvalue weighted by molar-refractivity contribution is 7.98. The Balaban J connectivity index is 1.69. The minimum atomic E-state index is -4.79. The fourth-order valence-electron chi connectivity index (χ4n) is 2.18. The Morgan fingerprint density at radius 3 is 2.31 bits per heavy atom. The third-order valence-corrected chi connectivity index (χ3v) is 4.43. The van der Waals surface area contributed by atoms with Crippen LogP contribution in [0.5, 0.6) is 5.75 Å². The van der Waals surface area contributed by atoms with Crippen molar-refractivity contribution in [1.29, 1.82) is 0 Å². The molecular weight excluding hydrogens is 422 g/mol. The van der Waals surface area contributed by atoms with Gasteiger partial charge < -0.3 is 15.4 Å². The van der Waals surface area contributed by atoms with Gasteiger partial charge in [-0.05, 0) is 35.9 Å². The summed E-state index contributed by atoms with van der Waals surface area (Å²) < 4.78 is 77.9. The van der Waals surface area contributed by atoms with E-state index in [0.29, 0.717) is 17.1 Å². The maximum atomic E-state index is 12.7. The van der Waals surface area contributed by atoms with E-state index in [1.807, 2.05) is 0 Å². The van der Waals surface area contributed by atoms with Crippen molar-refractivity contribution in [1.82, 2.24) is 5.32 Å². The molecule has 0 aromatic heterocycles. The molecule has 0 aliphatic heterocycles. The Labute approximate surface area is 166 Å². The van der Waals surface area contributed by atoms with Gasteiger partial charge in [-0.1, -0.05) is 18.2 Å². The van der Waals surface area contributed by atoms with Crippen LogP contribution in [0.15, 0.2) is 48.5 Å². The summed E-state index contributed by atoms with van der Waals surface area (Å²) in [6.07, 6.45) is -9.19. The van der Waals surface area contributed by atoms with Crippen LogP contribution >= 0.6 is 11.8 Å². The van der Waals surface area contributed by atoms with E-state index in [9.17, 15) is 31.1 Å². The third-order valence-electron chi connectivity index (χ3n) is 3.40. The number of amides is 2. The molecule has 0 bridgehead atoms. The van der Waals surface area contributed by atoms with Gasteiger partial charge in [0.25, 0.3) is 0 Å². The molecule has 2 aromatic carbocycles. The molecule has 11 heteroatoms. The molecule has 2 amide bonds. The van der Waals surface area contributed by atoms with Gasteiger partial charge in [-0.2, -0.15) is 24.9 Å². The molecule has 29 heavy (non-hydrogen) atoms. The molecule has 0 heterocycles. The van der Waals surface area contributed by atoms with E-state index in [-0.39, 0.29) is 12.2 Å². The van der Waals surface area contributed by atoms with E-state index in [2.05, 4.69) is 15.4 Å². The lowest BCUT2D eigenvalue weighted by Crippen LogP contribution is -2.30. The smallest absolute Gasteiger partial charge is 0.406 e. The van der Waals surface area contributed by atoms with Gasteiger partial charge in [0.05, 0.1) is 5.56 Å². The Kier molecular flexibility index (Phi) is 7.66. The average Bonchev–Trinajstić information content (AvgIpc) is 2.61. The molecule has 0 fully saturated rings. The van der Waals surface area contributed by atoms with Gasteiger partial charge in [0.2, 0.25) is 0 Å². The highest BCUT2D eigenvalue weighted by atomic mass is 32.2. The normalized spacial score (nSPS) is 11.8. The van der Waals surface area contributed by atoms with Crippen LogP contribution < -0.4 is 15.4 Å². The average molecular weight is 438 g/mol. The molecule has 0 unspecified atom stereocenters. The number of carbonyl (C=O) groups excluding carboxylic acids is 1. The topological polar surface area (TPSA) is 50.4 Å². The Morgan fingerprint density at radius 1 is 1.00 bits per heavy atom. The summed E-state index contributed by atoms with van der Waals surface area (Å²) in [6.45, 7) is 0.255. The van der Waals surface area contributed by atoms with Gasteiger partial charge in [-0.3, -0.25) is 0 Å². The number of alkyl halides is 6. The predicted octanol–water partition coefficient (Wildman–Crippen LogP) is 5.66. The maximum Gasteiger partial charge on any atom is 0.573 e. The number of carbonyl (C=O) groups is 1. The van der Waals surface area contributed by atoms with Crippen molar-refractivity contribution in [2.45, 2.75) is 18.3 Å². The number of rotatable bonds is 7. The zero-order valence-electron chi connectivity index (χ0n) is 14.7. The molecule has 158 valence electrons. The fraction of sp³-hybridized carbons (Fsp3) is 0.278. The lowest BCUT2D eigenvalue weighted by molar-refractivity contribution is -0.274. The summed E-state index contributed by atoms with van der Waals surface area (Å²) in [7, 11) is 0. The first-order valence-electron chi connectivity index (χ1n) is 8.17. The van der Waals surface area contributed by atoms with Crippen molar-refractivity contribution in [3.05, 3.63) is 59.7 Å². The second-order valence-corrected chi connectivity index (χ2v) is 6.81. The first-order valence-corrected chi connectivity index (χ1v) is 9.33. The third kappa shape index (κ3) is 8.55. The quantitative estimate of drug-likeness (QED) is 0.433. The van der Waals surface area contributed by atoms with Crippen molar-refractivity contribution >= 4 is 23.5 Å². The second kappa shape index (κ2) is 9.77. The van der Waals surface area contributed by atoms with Crippen molar-refractivity contribution in [3.8, 4) is 5.75 Å². The molecule has 0 radical (unpaired) electrons. The molecule has 0 saturated heterocycles. The molecule has 2 rings (SSSR count). The first-order chi connectivity index (χ1) is 13.5. The van der Waals surface area contributed by atoms with E-state index in [1.165, 1.54) is 30.0 Å². The van der Waals surface area contributed by atoms with Gasteiger partial charge in [0.1, 0.15) is 5.75 Å². The highest BCUT2D eigenvalue weighted by Gasteiger charge is 2.31. The zero-order chi connectivity index (χ0) is 21.5. The van der Waals surface area contributed by atoms with Crippen LogP contribution in [0.1, 0.15) is 11.1 Å². The molecule has 0 spiro atoms. The second-order valence-electron chi connectivity index (χ2n) is 5.70. The van der Waals surface area contributed by atoms with Crippen LogP contribution in [0.3, 0.4) is 0 Å². The van der Waals surface area contributed by atoms with Crippen LogP contribution in [0.25, 0.3) is 0 Å². The van der Waals surface area contributed by atoms with E-state index in [4.69, 9.17) is 0 Å². The molecule has 2 aromatic rings. The van der Waals surface area contributed by atoms with E-state index in [0.717, 1.165) is 24.3 Å². The number of anilines is 1. The van der Waals surface area contributed by atoms with Crippen molar-refractivity contribution in [2.75, 3.05) is 17.6 Å². The molecule has 2 N–H and O–H groups in total. The summed E-state index contributed by atoms with van der Waals surface area (Å²) in [5, 5.41) is 4.99. The Hall–Kier alpha value is -2.56. The Bertz CT molecular complexity index is 809. The summed E-state index contributed by atoms with van der Waals surface area (Å²) in [5.41, 5.74) is 0.0869. The summed E-state index contributed by atoms with van der Waals surface area (Å²) >= 11 is 1.35.